The van der Waals surface area contributed by atoms with Crippen molar-refractivity contribution in [3.05, 3.63) is 17.9 Å². The molecule has 2 heterocycles. The Bertz CT molecular complexity index is 317. The summed E-state index contributed by atoms with van der Waals surface area (Å²) in [5.41, 5.74) is 0.249. The fourth-order valence-corrected chi connectivity index (χ4v) is 1.98. The first-order valence-electron chi connectivity index (χ1n) is 5.13. The van der Waals surface area contributed by atoms with Crippen molar-refractivity contribution < 1.29 is 4.42 Å². The van der Waals surface area contributed by atoms with E-state index in [1.807, 2.05) is 19.1 Å². The minimum atomic E-state index is 0.249. The Morgan fingerprint density at radius 2 is 2.29 bits per heavy atom. The van der Waals surface area contributed by atoms with E-state index in [2.05, 4.69) is 24.5 Å². The summed E-state index contributed by atoms with van der Waals surface area (Å²) in [6.07, 6.45) is 1.13. The molecule has 1 fully saturated rings. The molecule has 0 bridgehead atoms. The summed E-state index contributed by atoms with van der Waals surface area (Å²) >= 11 is 0. The molecule has 78 valence electrons. The highest BCUT2D eigenvalue weighted by Crippen LogP contribution is 2.22. The van der Waals surface area contributed by atoms with Crippen LogP contribution >= 0.6 is 0 Å². The Morgan fingerprint density at radius 3 is 2.79 bits per heavy atom. The molecule has 3 heteroatoms. The van der Waals surface area contributed by atoms with Gasteiger partial charge in [0.05, 0.1) is 0 Å². The maximum absolute atomic E-state index is 5.47. The summed E-state index contributed by atoms with van der Waals surface area (Å²) in [4.78, 5) is 0. The average Bonchev–Trinajstić information content (AvgIpc) is 2.59. The molecule has 2 rings (SSSR count). The normalized spacial score (nSPS) is 25.2. The molecular formula is C11H18N2O. The monoisotopic (exact) mass is 194 g/mol. The molecule has 2 N–H and O–H groups in total. The number of nitrogens with one attached hydrogen (secondary N) is 2. The maximum atomic E-state index is 5.47. The van der Waals surface area contributed by atoms with E-state index in [1.165, 1.54) is 0 Å². The molecule has 0 saturated carbocycles. The van der Waals surface area contributed by atoms with Gasteiger partial charge < -0.3 is 15.1 Å². The van der Waals surface area contributed by atoms with Crippen molar-refractivity contribution in [2.45, 2.75) is 38.8 Å². The van der Waals surface area contributed by atoms with E-state index in [0.717, 1.165) is 24.6 Å². The van der Waals surface area contributed by atoms with E-state index in [0.29, 0.717) is 6.04 Å². The molecule has 1 aliphatic heterocycles. The quantitative estimate of drug-likeness (QED) is 0.757. The molecule has 14 heavy (non-hydrogen) atoms. The second kappa shape index (κ2) is 3.31. The topological polar surface area (TPSA) is 37.2 Å². The summed E-state index contributed by atoms with van der Waals surface area (Å²) in [7, 11) is 0. The number of hydrogen-bond donors (Lipinski definition) is 2. The Morgan fingerprint density at radius 1 is 1.50 bits per heavy atom. The minimum Gasteiger partial charge on any atom is -0.446 e. The number of aryl methyl sites for hydroxylation is 1. The number of furan rings is 1. The number of hydrogen-bond acceptors (Lipinski definition) is 3. The molecule has 1 saturated heterocycles. The SMILES string of the molecule is Cc1ccc(NC2CNC(C)(C)C2)o1. The van der Waals surface area contributed by atoms with Crippen LogP contribution in [-0.4, -0.2) is 18.1 Å². The first kappa shape index (κ1) is 9.59. The standard InChI is InChI=1S/C11H18N2O/c1-8-4-5-10(14-8)13-9-6-11(2,3)12-7-9/h4-5,9,12-13H,6-7H2,1-3H3. The van der Waals surface area contributed by atoms with Gasteiger partial charge in [-0.1, -0.05) is 0 Å². The lowest BCUT2D eigenvalue weighted by atomic mass is 10.0. The number of anilines is 1. The van der Waals surface area contributed by atoms with Gasteiger partial charge in [-0.2, -0.15) is 0 Å². The van der Waals surface area contributed by atoms with Gasteiger partial charge in [0, 0.05) is 24.2 Å². The van der Waals surface area contributed by atoms with E-state index >= 15 is 0 Å². The zero-order valence-electron chi connectivity index (χ0n) is 9.05. The predicted molar refractivity (Wildman–Crippen MR) is 57.6 cm³/mol. The van der Waals surface area contributed by atoms with Gasteiger partial charge in [0.2, 0.25) is 0 Å². The zero-order valence-corrected chi connectivity index (χ0v) is 9.05. The summed E-state index contributed by atoms with van der Waals surface area (Å²) < 4.78 is 5.47. The lowest BCUT2D eigenvalue weighted by Crippen LogP contribution is -2.31. The molecule has 0 aromatic carbocycles. The van der Waals surface area contributed by atoms with Gasteiger partial charge in [-0.25, -0.2) is 0 Å². The Kier molecular flexibility index (Phi) is 2.27. The van der Waals surface area contributed by atoms with Crippen molar-refractivity contribution in [2.24, 2.45) is 0 Å². The van der Waals surface area contributed by atoms with Crippen molar-refractivity contribution in [3.63, 3.8) is 0 Å². The van der Waals surface area contributed by atoms with Crippen molar-refractivity contribution in [3.8, 4) is 0 Å². The van der Waals surface area contributed by atoms with Gasteiger partial charge in [-0.15, -0.1) is 0 Å². The van der Waals surface area contributed by atoms with Crippen LogP contribution < -0.4 is 10.6 Å². The lowest BCUT2D eigenvalue weighted by Gasteiger charge is -2.17. The highest BCUT2D eigenvalue weighted by atomic mass is 16.4. The summed E-state index contributed by atoms with van der Waals surface area (Å²) in [6, 6.07) is 4.45. The van der Waals surface area contributed by atoms with Crippen LogP contribution in [0.5, 0.6) is 0 Å². The molecule has 1 aromatic rings. The van der Waals surface area contributed by atoms with Gasteiger partial charge in [0.1, 0.15) is 5.76 Å². The third-order valence-electron chi connectivity index (χ3n) is 2.67. The molecule has 1 unspecified atom stereocenters. The third kappa shape index (κ3) is 2.10. The summed E-state index contributed by atoms with van der Waals surface area (Å²) in [5, 5.41) is 6.86. The Balaban J connectivity index is 1.94. The molecule has 0 spiro atoms. The first-order valence-corrected chi connectivity index (χ1v) is 5.13. The predicted octanol–water partition coefficient (Wildman–Crippen LogP) is 2.14. The fourth-order valence-electron chi connectivity index (χ4n) is 1.98. The van der Waals surface area contributed by atoms with Crippen LogP contribution in [0.1, 0.15) is 26.0 Å². The maximum Gasteiger partial charge on any atom is 0.193 e. The van der Waals surface area contributed by atoms with Crippen LogP contribution in [0.4, 0.5) is 5.88 Å². The first-order chi connectivity index (χ1) is 6.55. The molecule has 1 atom stereocenters. The molecule has 0 aliphatic carbocycles. The van der Waals surface area contributed by atoms with Gasteiger partial charge in [-0.05, 0) is 33.3 Å². The van der Waals surface area contributed by atoms with E-state index in [9.17, 15) is 0 Å². The van der Waals surface area contributed by atoms with Crippen molar-refractivity contribution in [1.82, 2.24) is 5.32 Å². The highest BCUT2D eigenvalue weighted by molar-refractivity contribution is 5.34. The molecular weight excluding hydrogens is 176 g/mol. The van der Waals surface area contributed by atoms with Gasteiger partial charge in [-0.3, -0.25) is 0 Å². The molecule has 0 radical (unpaired) electrons. The van der Waals surface area contributed by atoms with E-state index in [-0.39, 0.29) is 5.54 Å². The largest absolute Gasteiger partial charge is 0.446 e. The Hall–Kier alpha value is -0.960. The van der Waals surface area contributed by atoms with E-state index in [1.54, 1.807) is 0 Å². The zero-order chi connectivity index (χ0) is 10.2. The van der Waals surface area contributed by atoms with Crippen LogP contribution in [-0.2, 0) is 0 Å². The molecule has 1 aliphatic rings. The molecule has 0 amide bonds. The van der Waals surface area contributed by atoms with Crippen molar-refractivity contribution >= 4 is 5.88 Å². The fraction of sp³-hybridized carbons (Fsp3) is 0.636. The van der Waals surface area contributed by atoms with Gasteiger partial charge >= 0.3 is 0 Å². The third-order valence-corrected chi connectivity index (χ3v) is 2.67. The average molecular weight is 194 g/mol. The van der Waals surface area contributed by atoms with Gasteiger partial charge in [0.15, 0.2) is 5.88 Å². The second-order valence-corrected chi connectivity index (χ2v) is 4.72. The van der Waals surface area contributed by atoms with E-state index in [4.69, 9.17) is 4.42 Å². The summed E-state index contributed by atoms with van der Waals surface area (Å²) in [5.74, 6) is 1.84. The van der Waals surface area contributed by atoms with Crippen LogP contribution in [0.15, 0.2) is 16.5 Å². The van der Waals surface area contributed by atoms with Crippen LogP contribution in [0.3, 0.4) is 0 Å². The minimum absolute atomic E-state index is 0.249. The Labute approximate surface area is 84.9 Å². The smallest absolute Gasteiger partial charge is 0.193 e. The van der Waals surface area contributed by atoms with Crippen LogP contribution in [0, 0.1) is 6.92 Å². The van der Waals surface area contributed by atoms with E-state index < -0.39 is 0 Å². The van der Waals surface area contributed by atoms with Crippen LogP contribution in [0.25, 0.3) is 0 Å². The van der Waals surface area contributed by atoms with Gasteiger partial charge in [0.25, 0.3) is 0 Å². The second-order valence-electron chi connectivity index (χ2n) is 4.72. The highest BCUT2D eigenvalue weighted by Gasteiger charge is 2.30. The van der Waals surface area contributed by atoms with Crippen molar-refractivity contribution in [1.29, 1.82) is 0 Å². The lowest BCUT2D eigenvalue weighted by molar-refractivity contribution is 0.456. The molecule has 1 aromatic heterocycles. The molecule has 3 nitrogen and oxygen atoms in total. The number of rotatable bonds is 2. The van der Waals surface area contributed by atoms with Crippen molar-refractivity contribution in [2.75, 3.05) is 11.9 Å². The van der Waals surface area contributed by atoms with Crippen LogP contribution in [0.2, 0.25) is 0 Å². The summed E-state index contributed by atoms with van der Waals surface area (Å²) in [6.45, 7) is 7.42.